The average Bonchev–Trinajstić information content (AvgIpc) is 3.57. The average molecular weight is 420 g/mol. The molecule has 8 heteroatoms. The molecule has 1 aliphatic heterocycles. The van der Waals surface area contributed by atoms with E-state index >= 15 is 0 Å². The lowest BCUT2D eigenvalue weighted by molar-refractivity contribution is 0.0915. The molecule has 0 bridgehead atoms. The van der Waals surface area contributed by atoms with E-state index in [0.717, 1.165) is 31.7 Å². The van der Waals surface area contributed by atoms with Crippen LogP contribution in [0.5, 0.6) is 0 Å². The van der Waals surface area contributed by atoms with Gasteiger partial charge in [0.1, 0.15) is 11.5 Å². The van der Waals surface area contributed by atoms with E-state index in [-0.39, 0.29) is 11.9 Å². The van der Waals surface area contributed by atoms with Crippen LogP contribution in [-0.2, 0) is 0 Å². The zero-order valence-corrected chi connectivity index (χ0v) is 17.3. The summed E-state index contributed by atoms with van der Waals surface area (Å²) >= 11 is 0. The highest BCUT2D eigenvalue weighted by Gasteiger charge is 2.26. The van der Waals surface area contributed by atoms with Crippen molar-refractivity contribution in [2.24, 2.45) is 0 Å². The van der Waals surface area contributed by atoms with Crippen LogP contribution in [0, 0.1) is 6.92 Å². The van der Waals surface area contributed by atoms with Crippen LogP contribution >= 0.6 is 0 Å². The van der Waals surface area contributed by atoms with Crippen molar-refractivity contribution < 1.29 is 18.2 Å². The minimum absolute atomic E-state index is 0.00954. The van der Waals surface area contributed by atoms with Crippen LogP contribution in [0.4, 0.5) is 0 Å². The predicted octanol–water partition coefficient (Wildman–Crippen LogP) is 4.34. The molecule has 1 saturated heterocycles. The van der Waals surface area contributed by atoms with Gasteiger partial charge in [-0.3, -0.25) is 9.69 Å². The number of fused-ring (bicyclic) bond motifs is 1. The molecule has 5 rings (SSSR count). The molecule has 8 nitrogen and oxygen atoms in total. The van der Waals surface area contributed by atoms with E-state index in [0.29, 0.717) is 40.4 Å². The molecule has 1 atom stereocenters. The Morgan fingerprint density at radius 1 is 1.16 bits per heavy atom. The number of likely N-dealkylation sites (tertiary alicyclic amines) is 1. The summed E-state index contributed by atoms with van der Waals surface area (Å²) in [4.78, 5) is 20.1. The van der Waals surface area contributed by atoms with Gasteiger partial charge in [-0.05, 0) is 63.2 Å². The van der Waals surface area contributed by atoms with Gasteiger partial charge in [0.2, 0.25) is 0 Å². The van der Waals surface area contributed by atoms with Crippen molar-refractivity contribution in [2.75, 3.05) is 19.6 Å². The fourth-order valence-electron chi connectivity index (χ4n) is 4.23. The zero-order chi connectivity index (χ0) is 21.2. The lowest BCUT2D eigenvalue weighted by atomic mass is 10.1. The summed E-state index contributed by atoms with van der Waals surface area (Å²) in [5.74, 6) is 1.21. The van der Waals surface area contributed by atoms with Crippen molar-refractivity contribution in [1.29, 1.82) is 0 Å². The van der Waals surface area contributed by atoms with Gasteiger partial charge in [-0.15, -0.1) is 0 Å². The summed E-state index contributed by atoms with van der Waals surface area (Å²) in [7, 11) is 0. The van der Waals surface area contributed by atoms with Gasteiger partial charge in [0.05, 0.1) is 35.2 Å². The van der Waals surface area contributed by atoms with Crippen molar-refractivity contribution in [3.63, 3.8) is 0 Å². The van der Waals surface area contributed by atoms with Crippen molar-refractivity contribution in [1.82, 2.24) is 20.4 Å². The topological polar surface area (TPSA) is 97.5 Å². The van der Waals surface area contributed by atoms with E-state index < -0.39 is 0 Å². The molecular weight excluding hydrogens is 396 g/mol. The van der Waals surface area contributed by atoms with Gasteiger partial charge >= 0.3 is 0 Å². The number of furan rings is 2. The number of nitrogens with one attached hydrogen (secondary N) is 1. The van der Waals surface area contributed by atoms with E-state index in [1.165, 1.54) is 6.42 Å². The number of carbonyl (C=O) groups excluding carboxylic acids is 1. The fourth-order valence-corrected chi connectivity index (χ4v) is 4.23. The summed E-state index contributed by atoms with van der Waals surface area (Å²) < 4.78 is 16.5. The number of carbonyl (C=O) groups is 1. The highest BCUT2D eigenvalue weighted by atomic mass is 16.5. The summed E-state index contributed by atoms with van der Waals surface area (Å²) in [5, 5.41) is 7.71. The highest BCUT2D eigenvalue weighted by molar-refractivity contribution is 6.06. The number of hydrogen-bond donors (Lipinski definition) is 1. The van der Waals surface area contributed by atoms with E-state index in [4.69, 9.17) is 13.4 Å². The van der Waals surface area contributed by atoms with Crippen LogP contribution in [0.15, 0.2) is 56.2 Å². The Kier molecular flexibility index (Phi) is 5.30. The van der Waals surface area contributed by atoms with Crippen LogP contribution in [0.3, 0.4) is 0 Å². The van der Waals surface area contributed by atoms with Gasteiger partial charge in [0.25, 0.3) is 11.6 Å². The first kappa shape index (κ1) is 19.6. The van der Waals surface area contributed by atoms with E-state index in [2.05, 4.69) is 20.4 Å². The van der Waals surface area contributed by atoms with Gasteiger partial charge in [0.15, 0.2) is 5.76 Å². The number of nitrogens with zero attached hydrogens (tertiary/aromatic N) is 3. The van der Waals surface area contributed by atoms with Gasteiger partial charge in [0, 0.05) is 6.54 Å². The standard InChI is InChI=1S/C23H24N4O4/c1-15-21-16(13-17(19-7-5-11-29-19)25-23(21)31-26-15)22(28)24-14-18(20-8-6-12-30-20)27-9-3-2-4-10-27/h5-8,11-13,18H,2-4,9-10,14H2,1H3,(H,24,28). The Balaban J connectivity index is 1.43. The first-order valence-electron chi connectivity index (χ1n) is 10.6. The molecule has 0 spiro atoms. The maximum absolute atomic E-state index is 13.3. The monoisotopic (exact) mass is 420 g/mol. The summed E-state index contributed by atoms with van der Waals surface area (Å²) in [5.41, 5.74) is 1.93. The molecule has 1 unspecified atom stereocenters. The molecule has 0 saturated carbocycles. The lowest BCUT2D eigenvalue weighted by Gasteiger charge is -2.33. The number of hydrogen-bond acceptors (Lipinski definition) is 7. The minimum atomic E-state index is -0.208. The molecule has 0 aromatic carbocycles. The second-order valence-electron chi connectivity index (χ2n) is 7.82. The van der Waals surface area contributed by atoms with Crippen LogP contribution in [0.25, 0.3) is 22.6 Å². The lowest BCUT2D eigenvalue weighted by Crippen LogP contribution is -2.40. The summed E-state index contributed by atoms with van der Waals surface area (Å²) in [6, 6.07) is 9.14. The quantitative estimate of drug-likeness (QED) is 0.495. The molecule has 31 heavy (non-hydrogen) atoms. The first-order chi connectivity index (χ1) is 15.2. The largest absolute Gasteiger partial charge is 0.468 e. The maximum Gasteiger partial charge on any atom is 0.259 e. The molecule has 1 N–H and O–H groups in total. The fraction of sp³-hybridized carbons (Fsp3) is 0.348. The zero-order valence-electron chi connectivity index (χ0n) is 17.3. The number of amides is 1. The molecule has 4 aromatic rings. The third-order valence-electron chi connectivity index (χ3n) is 5.79. The van der Waals surface area contributed by atoms with Gasteiger partial charge in [-0.1, -0.05) is 11.6 Å². The summed E-state index contributed by atoms with van der Waals surface area (Å²) in [6.45, 7) is 4.23. The van der Waals surface area contributed by atoms with Crippen LogP contribution < -0.4 is 5.32 Å². The van der Waals surface area contributed by atoms with Gasteiger partial charge < -0.3 is 18.7 Å². The molecule has 1 amide bonds. The second-order valence-corrected chi connectivity index (χ2v) is 7.82. The summed E-state index contributed by atoms with van der Waals surface area (Å²) in [6.07, 6.45) is 6.80. The number of rotatable bonds is 6. The Hall–Kier alpha value is -3.39. The number of pyridine rings is 1. The van der Waals surface area contributed by atoms with E-state index in [9.17, 15) is 4.79 Å². The molecule has 0 radical (unpaired) electrons. The number of aromatic nitrogens is 2. The van der Waals surface area contributed by atoms with Crippen LogP contribution in [0.2, 0.25) is 0 Å². The van der Waals surface area contributed by atoms with Gasteiger partial charge in [-0.2, -0.15) is 0 Å². The van der Waals surface area contributed by atoms with Crippen LogP contribution in [0.1, 0.15) is 47.1 Å². The molecular formula is C23H24N4O4. The maximum atomic E-state index is 13.3. The third-order valence-corrected chi connectivity index (χ3v) is 5.79. The molecule has 5 heterocycles. The van der Waals surface area contributed by atoms with Crippen molar-refractivity contribution in [2.45, 2.75) is 32.2 Å². The number of aryl methyl sites for hydroxylation is 1. The molecule has 1 aliphatic rings. The first-order valence-corrected chi connectivity index (χ1v) is 10.6. The molecule has 4 aromatic heterocycles. The van der Waals surface area contributed by atoms with E-state index in [1.54, 1.807) is 37.6 Å². The molecule has 0 aliphatic carbocycles. The van der Waals surface area contributed by atoms with Crippen molar-refractivity contribution >= 4 is 17.0 Å². The normalized spacial score (nSPS) is 15.9. The smallest absolute Gasteiger partial charge is 0.259 e. The molecule has 160 valence electrons. The van der Waals surface area contributed by atoms with Crippen molar-refractivity contribution in [3.05, 3.63) is 59.9 Å². The second kappa shape index (κ2) is 8.39. The highest BCUT2D eigenvalue weighted by Crippen LogP contribution is 2.28. The van der Waals surface area contributed by atoms with Crippen LogP contribution in [-0.4, -0.2) is 40.6 Å². The Labute approximate surface area is 179 Å². The Morgan fingerprint density at radius 2 is 1.97 bits per heavy atom. The minimum Gasteiger partial charge on any atom is -0.468 e. The SMILES string of the molecule is Cc1noc2nc(-c3ccco3)cc(C(=O)NCC(c3ccco3)N3CCCCC3)c12. The van der Waals surface area contributed by atoms with Crippen molar-refractivity contribution in [3.8, 4) is 11.5 Å². The van der Waals surface area contributed by atoms with E-state index in [1.807, 2.05) is 12.1 Å². The Morgan fingerprint density at radius 3 is 2.71 bits per heavy atom. The third kappa shape index (κ3) is 3.86. The van der Waals surface area contributed by atoms with Gasteiger partial charge in [-0.25, -0.2) is 4.98 Å². The predicted molar refractivity (Wildman–Crippen MR) is 113 cm³/mol. The Bertz CT molecular complexity index is 1160. The molecule has 1 fully saturated rings. The number of piperidine rings is 1.